The van der Waals surface area contributed by atoms with Crippen molar-refractivity contribution in [2.45, 2.75) is 123 Å². The van der Waals surface area contributed by atoms with E-state index >= 15 is 0 Å². The normalized spacial score (nSPS) is 20.4. The zero-order valence-corrected chi connectivity index (χ0v) is 38.8. The van der Waals surface area contributed by atoms with Crippen LogP contribution in [-0.4, -0.2) is 55.3 Å². The van der Waals surface area contributed by atoms with Gasteiger partial charge in [0.1, 0.15) is 5.75 Å². The third kappa shape index (κ3) is 10.8. The van der Waals surface area contributed by atoms with Crippen molar-refractivity contribution in [3.8, 4) is 5.75 Å². The quantitative estimate of drug-likeness (QED) is 0.0990. The summed E-state index contributed by atoms with van der Waals surface area (Å²) in [5.41, 5.74) is 2.13. The van der Waals surface area contributed by atoms with Gasteiger partial charge < -0.3 is 27.8 Å². The average molecular weight is 811 g/mol. The summed E-state index contributed by atoms with van der Waals surface area (Å²) in [6, 6.07) is 40.3. The van der Waals surface area contributed by atoms with E-state index in [2.05, 4.69) is 166 Å². The fourth-order valence-corrected chi connectivity index (χ4v) is 14.3. The van der Waals surface area contributed by atoms with E-state index in [-0.39, 0.29) is 46.1 Å². The van der Waals surface area contributed by atoms with E-state index < -0.39 is 22.9 Å². The topological polar surface area (TPSA) is 55.4 Å². The molecule has 4 aromatic carbocycles. The van der Waals surface area contributed by atoms with Crippen LogP contribution < -0.4 is 15.1 Å². The molecule has 0 aliphatic carbocycles. The molecule has 1 aliphatic heterocycles. The molecule has 0 amide bonds. The molecule has 0 N–H and O–H groups in total. The van der Waals surface area contributed by atoms with Crippen molar-refractivity contribution in [2.24, 2.45) is 17.8 Å². The van der Waals surface area contributed by atoms with Gasteiger partial charge in [-0.05, 0) is 57.7 Å². The summed E-state index contributed by atoms with van der Waals surface area (Å²) in [5.74, 6) is 1.04. The predicted molar refractivity (Wildman–Crippen MR) is 239 cm³/mol. The van der Waals surface area contributed by atoms with Crippen molar-refractivity contribution in [3.05, 3.63) is 126 Å². The Morgan fingerprint density at radius 2 is 1.28 bits per heavy atom. The molecule has 1 heterocycles. The van der Waals surface area contributed by atoms with Gasteiger partial charge in [-0.2, -0.15) is 0 Å². The third-order valence-corrected chi connectivity index (χ3v) is 22.1. The van der Waals surface area contributed by atoms with Crippen LogP contribution in [0.3, 0.4) is 0 Å². The second-order valence-corrected chi connectivity index (χ2v) is 27.8. The number of ether oxygens (including phenoxy) is 4. The van der Waals surface area contributed by atoms with Crippen LogP contribution >= 0.6 is 0 Å². The minimum absolute atomic E-state index is 0.0265. The van der Waals surface area contributed by atoms with Crippen molar-refractivity contribution in [1.82, 2.24) is 0 Å². The molecule has 8 heteroatoms. The van der Waals surface area contributed by atoms with Gasteiger partial charge in [0.25, 0.3) is 8.32 Å². The molecule has 0 radical (unpaired) electrons. The molecule has 1 saturated heterocycles. The lowest BCUT2D eigenvalue weighted by molar-refractivity contribution is -0.261. The summed E-state index contributed by atoms with van der Waals surface area (Å²) in [4.78, 5) is 0. The van der Waals surface area contributed by atoms with Gasteiger partial charge in [0.05, 0.1) is 38.6 Å². The van der Waals surface area contributed by atoms with Crippen molar-refractivity contribution >= 4 is 27.0 Å². The SMILES string of the molecule is COc1ccc(C2OC[C@H](C)[C@@H]([C@@H](C)[C@@H](OCc3ccccc3)[C@@H](C)[C@H](CCO[Si](c3ccccc3)(c3ccccc3)C(C)(C)C)O[Si](C)(C)C(C)(C)C)O2)cc1. The van der Waals surface area contributed by atoms with E-state index in [9.17, 15) is 0 Å². The van der Waals surface area contributed by atoms with Gasteiger partial charge >= 0.3 is 0 Å². The highest BCUT2D eigenvalue weighted by Crippen LogP contribution is 2.42. The van der Waals surface area contributed by atoms with Gasteiger partial charge in [-0.15, -0.1) is 0 Å². The van der Waals surface area contributed by atoms with Gasteiger partial charge in [-0.3, -0.25) is 0 Å². The molecule has 6 nitrogen and oxygen atoms in total. The molecule has 1 unspecified atom stereocenters. The molecule has 7 atom stereocenters. The molecule has 0 bridgehead atoms. The van der Waals surface area contributed by atoms with Gasteiger partial charge in [0, 0.05) is 29.9 Å². The second kappa shape index (κ2) is 19.3. The Morgan fingerprint density at radius 3 is 1.79 bits per heavy atom. The van der Waals surface area contributed by atoms with Gasteiger partial charge in [0.15, 0.2) is 14.6 Å². The smallest absolute Gasteiger partial charge is 0.261 e. The maximum absolute atomic E-state index is 7.51. The first-order chi connectivity index (χ1) is 27.0. The predicted octanol–water partition coefficient (Wildman–Crippen LogP) is 11.0. The molecule has 0 aromatic heterocycles. The summed E-state index contributed by atoms with van der Waals surface area (Å²) >= 11 is 0. The minimum Gasteiger partial charge on any atom is -0.497 e. The van der Waals surface area contributed by atoms with Crippen molar-refractivity contribution in [1.29, 1.82) is 0 Å². The Morgan fingerprint density at radius 1 is 0.737 bits per heavy atom. The first kappa shape index (κ1) is 45.0. The van der Waals surface area contributed by atoms with Crippen LogP contribution in [0.4, 0.5) is 0 Å². The molecule has 1 aliphatic rings. The van der Waals surface area contributed by atoms with Crippen LogP contribution in [0.15, 0.2) is 115 Å². The molecule has 310 valence electrons. The van der Waals surface area contributed by atoms with Crippen molar-refractivity contribution in [2.75, 3.05) is 20.3 Å². The molecule has 1 fully saturated rings. The van der Waals surface area contributed by atoms with Crippen molar-refractivity contribution < 1.29 is 27.8 Å². The van der Waals surface area contributed by atoms with E-state index in [0.29, 0.717) is 19.8 Å². The molecular weight excluding hydrogens is 741 g/mol. The number of hydrogen-bond acceptors (Lipinski definition) is 6. The summed E-state index contributed by atoms with van der Waals surface area (Å²) in [5, 5.41) is 2.48. The molecule has 4 aromatic rings. The average Bonchev–Trinajstić information content (AvgIpc) is 3.19. The Bertz CT molecular complexity index is 1730. The summed E-state index contributed by atoms with van der Waals surface area (Å²) < 4.78 is 40.8. The standard InChI is InChI=1S/C49H70O6Si2/c1-36-34-52-47(40-28-30-41(50-10)31-29-40)54-45(36)38(3)46(51-35-39-22-16-13-17-23-39)37(2)44(55-56(11,12)48(4,5)6)32-33-53-57(49(7,8)9,42-24-18-14-19-25-42)43-26-20-15-21-27-43/h13-31,36-38,44-47H,32-35H2,1-12H3/t36-,37-,38+,44-,45-,46-,47?/m0/s1. The number of methoxy groups -OCH3 is 1. The highest BCUT2D eigenvalue weighted by Gasteiger charge is 2.51. The zero-order valence-electron chi connectivity index (χ0n) is 36.8. The third-order valence-electron chi connectivity index (χ3n) is 12.6. The van der Waals surface area contributed by atoms with Gasteiger partial charge in [-0.25, -0.2) is 0 Å². The summed E-state index contributed by atoms with van der Waals surface area (Å²) in [6.07, 6.45) is -0.108. The Kier molecular flexibility index (Phi) is 15.3. The minimum atomic E-state index is -2.75. The van der Waals surface area contributed by atoms with Crippen LogP contribution in [0.25, 0.3) is 0 Å². The largest absolute Gasteiger partial charge is 0.497 e. The lowest BCUT2D eigenvalue weighted by atomic mass is 9.81. The maximum atomic E-state index is 7.51. The van der Waals surface area contributed by atoms with Crippen LogP contribution in [-0.2, 0) is 29.7 Å². The fraction of sp³-hybridized carbons (Fsp3) is 0.510. The highest BCUT2D eigenvalue weighted by atomic mass is 28.4. The number of hydrogen-bond donors (Lipinski definition) is 0. The lowest BCUT2D eigenvalue weighted by Gasteiger charge is -2.46. The number of rotatable bonds is 17. The molecule has 0 spiro atoms. The molecular formula is C49H70O6Si2. The van der Waals surface area contributed by atoms with E-state index in [1.807, 2.05) is 24.3 Å². The van der Waals surface area contributed by atoms with Crippen LogP contribution in [0.5, 0.6) is 5.75 Å². The van der Waals surface area contributed by atoms with E-state index in [1.165, 1.54) is 10.4 Å². The summed E-state index contributed by atoms with van der Waals surface area (Å²) in [7, 11) is -3.31. The molecule has 0 saturated carbocycles. The number of benzene rings is 4. The fourth-order valence-electron chi connectivity index (χ4n) is 8.25. The monoisotopic (exact) mass is 810 g/mol. The summed E-state index contributed by atoms with van der Waals surface area (Å²) in [6.45, 7) is 27.2. The first-order valence-electron chi connectivity index (χ1n) is 21.0. The molecule has 5 rings (SSSR count). The Hall–Kier alpha value is -3.09. The zero-order chi connectivity index (χ0) is 41.4. The maximum Gasteiger partial charge on any atom is 0.261 e. The Balaban J connectivity index is 1.50. The first-order valence-corrected chi connectivity index (χ1v) is 25.8. The van der Waals surface area contributed by atoms with Crippen LogP contribution in [0.1, 0.15) is 86.2 Å². The van der Waals surface area contributed by atoms with Crippen molar-refractivity contribution in [3.63, 3.8) is 0 Å². The van der Waals surface area contributed by atoms with Gasteiger partial charge in [0.2, 0.25) is 0 Å². The van der Waals surface area contributed by atoms with E-state index in [1.54, 1.807) is 7.11 Å². The van der Waals surface area contributed by atoms with Crippen LogP contribution in [0.2, 0.25) is 23.2 Å². The van der Waals surface area contributed by atoms with E-state index in [0.717, 1.165) is 23.3 Å². The lowest BCUT2D eigenvalue weighted by Crippen LogP contribution is -2.66. The highest BCUT2D eigenvalue weighted by molar-refractivity contribution is 6.99. The second-order valence-electron chi connectivity index (χ2n) is 18.7. The van der Waals surface area contributed by atoms with Crippen LogP contribution in [0, 0.1) is 17.8 Å². The Labute approximate surface area is 346 Å². The van der Waals surface area contributed by atoms with E-state index in [4.69, 9.17) is 27.8 Å². The molecule has 57 heavy (non-hydrogen) atoms. The van der Waals surface area contributed by atoms with Gasteiger partial charge in [-0.1, -0.05) is 165 Å².